The molecule has 0 spiro atoms. The van der Waals surface area contributed by atoms with E-state index in [1.165, 1.54) is 11.3 Å². The molecule has 3 rings (SSSR count). The molecule has 1 aromatic carbocycles. The maximum absolute atomic E-state index is 5.21. The molecule has 0 radical (unpaired) electrons. The summed E-state index contributed by atoms with van der Waals surface area (Å²) in [5.74, 6) is 0. The zero-order valence-electron chi connectivity index (χ0n) is 11.6. The minimum atomic E-state index is 0.679. The predicted molar refractivity (Wildman–Crippen MR) is 86.0 cm³/mol. The van der Waals surface area contributed by atoms with Crippen molar-refractivity contribution in [3.63, 3.8) is 0 Å². The van der Waals surface area contributed by atoms with Gasteiger partial charge >= 0.3 is 0 Å². The summed E-state index contributed by atoms with van der Waals surface area (Å²) in [5.41, 5.74) is 3.99. The topological polar surface area (TPSA) is 38.9 Å². The molecule has 3 aromatic rings. The molecule has 0 unspecified atom stereocenters. The largest absolute Gasteiger partial charge is 0.283 e. The molecular formula is C14H15N5S2. The summed E-state index contributed by atoms with van der Waals surface area (Å²) in [4.78, 5) is 2.15. The lowest BCUT2D eigenvalue weighted by Crippen LogP contribution is -2.22. The Morgan fingerprint density at radius 1 is 1.24 bits per heavy atom. The second-order valence-corrected chi connectivity index (χ2v) is 6.27. The van der Waals surface area contributed by atoms with E-state index in [0.29, 0.717) is 6.67 Å². The van der Waals surface area contributed by atoms with E-state index in [4.69, 9.17) is 12.2 Å². The monoisotopic (exact) mass is 317 g/mol. The lowest BCUT2D eigenvalue weighted by Gasteiger charge is -2.14. The quantitative estimate of drug-likeness (QED) is 0.678. The van der Waals surface area contributed by atoms with Crippen LogP contribution in [0.5, 0.6) is 0 Å². The first kappa shape index (κ1) is 14.1. The molecule has 0 aliphatic rings. The van der Waals surface area contributed by atoms with Crippen molar-refractivity contribution in [2.24, 2.45) is 0 Å². The van der Waals surface area contributed by atoms with Crippen molar-refractivity contribution in [1.29, 1.82) is 0 Å². The van der Waals surface area contributed by atoms with Gasteiger partial charge in [0.15, 0.2) is 3.95 Å². The van der Waals surface area contributed by atoms with Crippen LogP contribution in [-0.4, -0.2) is 31.5 Å². The smallest absolute Gasteiger partial charge is 0.180 e. The first-order valence-corrected chi connectivity index (χ1v) is 7.79. The van der Waals surface area contributed by atoms with Crippen molar-refractivity contribution >= 4 is 23.6 Å². The molecule has 0 saturated carbocycles. The first-order valence-electron chi connectivity index (χ1n) is 6.50. The fourth-order valence-electron chi connectivity index (χ4n) is 2.08. The Bertz CT molecular complexity index is 759. The van der Waals surface area contributed by atoms with Crippen LogP contribution in [0.4, 0.5) is 0 Å². The summed E-state index contributed by atoms with van der Waals surface area (Å²) in [5, 5.41) is 8.62. The van der Waals surface area contributed by atoms with Crippen molar-refractivity contribution in [3.05, 3.63) is 57.8 Å². The second kappa shape index (κ2) is 6.30. The Kier molecular flexibility index (Phi) is 4.23. The van der Waals surface area contributed by atoms with Gasteiger partial charge in [-0.25, -0.2) is 9.36 Å². The van der Waals surface area contributed by atoms with Crippen LogP contribution in [0.25, 0.3) is 5.69 Å². The van der Waals surface area contributed by atoms with E-state index >= 15 is 0 Å². The molecule has 0 saturated heterocycles. The molecule has 0 bridgehead atoms. The van der Waals surface area contributed by atoms with Crippen LogP contribution in [0.2, 0.25) is 0 Å². The van der Waals surface area contributed by atoms with Crippen LogP contribution in [0.1, 0.15) is 5.56 Å². The highest BCUT2D eigenvalue weighted by Crippen LogP contribution is 2.10. The minimum Gasteiger partial charge on any atom is -0.283 e. The van der Waals surface area contributed by atoms with Gasteiger partial charge in [0, 0.05) is 18.3 Å². The van der Waals surface area contributed by atoms with Crippen LogP contribution in [0.15, 0.2) is 48.2 Å². The molecule has 0 aliphatic carbocycles. The van der Waals surface area contributed by atoms with Crippen molar-refractivity contribution in [3.8, 4) is 5.69 Å². The number of para-hydroxylation sites is 1. The minimum absolute atomic E-state index is 0.679. The Balaban J connectivity index is 1.67. The van der Waals surface area contributed by atoms with Gasteiger partial charge in [-0.2, -0.15) is 10.2 Å². The number of rotatable bonds is 5. The van der Waals surface area contributed by atoms with E-state index in [1.54, 1.807) is 5.51 Å². The first-order chi connectivity index (χ1) is 10.2. The van der Waals surface area contributed by atoms with E-state index in [2.05, 4.69) is 15.1 Å². The van der Waals surface area contributed by atoms with Crippen molar-refractivity contribution in [1.82, 2.24) is 24.5 Å². The summed E-state index contributed by atoms with van der Waals surface area (Å²) < 4.78 is 4.50. The fourth-order valence-corrected chi connectivity index (χ4v) is 2.79. The molecular weight excluding hydrogens is 302 g/mol. The summed E-state index contributed by atoms with van der Waals surface area (Å²) in [6.45, 7) is 1.48. The van der Waals surface area contributed by atoms with Crippen LogP contribution in [-0.2, 0) is 13.2 Å². The maximum Gasteiger partial charge on any atom is 0.180 e. The Hall–Kier alpha value is -1.83. The standard InChI is InChI=1S/C14H15N5S2/c1-17(11-19-14(20)21-10-16-19)8-12-7-15-18(9-12)13-5-3-2-4-6-13/h2-7,9-10H,8,11H2,1H3. The van der Waals surface area contributed by atoms with Gasteiger partial charge in [-0.3, -0.25) is 4.90 Å². The highest BCUT2D eigenvalue weighted by atomic mass is 32.1. The third-order valence-corrected chi connectivity index (χ3v) is 4.15. The van der Waals surface area contributed by atoms with Gasteiger partial charge in [0.2, 0.25) is 0 Å². The van der Waals surface area contributed by atoms with Crippen molar-refractivity contribution in [2.75, 3.05) is 7.05 Å². The molecule has 21 heavy (non-hydrogen) atoms. The maximum atomic E-state index is 5.21. The van der Waals surface area contributed by atoms with Crippen LogP contribution >= 0.6 is 23.6 Å². The molecule has 0 N–H and O–H groups in total. The van der Waals surface area contributed by atoms with E-state index in [1.807, 2.05) is 59.1 Å². The molecule has 5 nitrogen and oxygen atoms in total. The van der Waals surface area contributed by atoms with Gasteiger partial charge in [0.05, 0.1) is 18.6 Å². The molecule has 7 heteroatoms. The van der Waals surface area contributed by atoms with Crippen molar-refractivity contribution < 1.29 is 0 Å². The van der Waals surface area contributed by atoms with Crippen molar-refractivity contribution in [2.45, 2.75) is 13.2 Å². The average Bonchev–Trinajstić information content (AvgIpc) is 3.10. The Morgan fingerprint density at radius 3 is 2.76 bits per heavy atom. The SMILES string of the molecule is CN(Cc1cnn(-c2ccccc2)c1)Cn1ncsc1=S. The Labute approximate surface area is 132 Å². The molecule has 108 valence electrons. The van der Waals surface area contributed by atoms with Gasteiger partial charge in [0.1, 0.15) is 5.51 Å². The molecule has 0 aliphatic heterocycles. The van der Waals surface area contributed by atoms with Gasteiger partial charge in [-0.15, -0.1) is 0 Å². The number of hydrogen-bond donors (Lipinski definition) is 0. The van der Waals surface area contributed by atoms with E-state index in [0.717, 1.165) is 21.7 Å². The second-order valence-electron chi connectivity index (χ2n) is 4.79. The molecule has 0 amide bonds. The third-order valence-electron chi connectivity index (χ3n) is 3.04. The van der Waals surface area contributed by atoms with E-state index in [9.17, 15) is 0 Å². The van der Waals surface area contributed by atoms with Gasteiger partial charge in [0.25, 0.3) is 0 Å². The van der Waals surface area contributed by atoms with Crippen LogP contribution in [0, 0.1) is 3.95 Å². The zero-order valence-corrected chi connectivity index (χ0v) is 13.2. The molecule has 2 heterocycles. The summed E-state index contributed by atoms with van der Waals surface area (Å²) in [6.07, 6.45) is 3.94. The summed E-state index contributed by atoms with van der Waals surface area (Å²) in [7, 11) is 2.04. The fraction of sp³-hybridized carbons (Fsp3) is 0.214. The molecule has 0 fully saturated rings. The van der Waals surface area contributed by atoms with Gasteiger partial charge < -0.3 is 0 Å². The normalized spacial score (nSPS) is 11.1. The highest BCUT2D eigenvalue weighted by Gasteiger charge is 2.06. The predicted octanol–water partition coefficient (Wildman–Crippen LogP) is 2.95. The average molecular weight is 317 g/mol. The lowest BCUT2D eigenvalue weighted by atomic mass is 10.3. The zero-order chi connectivity index (χ0) is 14.7. The molecule has 2 aromatic heterocycles. The highest BCUT2D eigenvalue weighted by molar-refractivity contribution is 7.73. The number of nitrogens with zero attached hydrogens (tertiary/aromatic N) is 5. The van der Waals surface area contributed by atoms with E-state index < -0.39 is 0 Å². The van der Waals surface area contributed by atoms with Crippen LogP contribution in [0.3, 0.4) is 0 Å². The van der Waals surface area contributed by atoms with Crippen LogP contribution < -0.4 is 0 Å². The number of benzene rings is 1. The number of aromatic nitrogens is 4. The lowest BCUT2D eigenvalue weighted by molar-refractivity contribution is 0.245. The van der Waals surface area contributed by atoms with Gasteiger partial charge in [-0.05, 0) is 31.4 Å². The van der Waals surface area contributed by atoms with E-state index in [-0.39, 0.29) is 0 Å². The summed E-state index contributed by atoms with van der Waals surface area (Å²) in [6, 6.07) is 10.1. The summed E-state index contributed by atoms with van der Waals surface area (Å²) >= 11 is 6.69. The molecule has 0 atom stereocenters. The van der Waals surface area contributed by atoms with Gasteiger partial charge in [-0.1, -0.05) is 29.5 Å². The third kappa shape index (κ3) is 3.44. The Morgan fingerprint density at radius 2 is 2.05 bits per heavy atom. The number of hydrogen-bond acceptors (Lipinski definition) is 5.